The highest BCUT2D eigenvalue weighted by atomic mass is 35.5. The fourth-order valence-corrected chi connectivity index (χ4v) is 1.55. The van der Waals surface area contributed by atoms with Gasteiger partial charge < -0.3 is 10.6 Å². The summed E-state index contributed by atoms with van der Waals surface area (Å²) >= 11 is 6.12. The van der Waals surface area contributed by atoms with Crippen LogP contribution in [0.1, 0.15) is 40.2 Å². The standard InChI is InChI=1S/C13H22ClN3/c1-9(2)15-7-10-6-12(16-8-11(10)14)17-13(3,4)5/h6,8-9,15H,7H2,1-5H3,(H,16,17). The summed E-state index contributed by atoms with van der Waals surface area (Å²) in [6.45, 7) is 11.3. The monoisotopic (exact) mass is 255 g/mol. The van der Waals surface area contributed by atoms with Crippen LogP contribution in [0.15, 0.2) is 12.3 Å². The van der Waals surface area contributed by atoms with E-state index in [4.69, 9.17) is 11.6 Å². The van der Waals surface area contributed by atoms with Crippen LogP contribution >= 0.6 is 11.6 Å². The van der Waals surface area contributed by atoms with Gasteiger partial charge in [-0.15, -0.1) is 0 Å². The molecule has 96 valence electrons. The van der Waals surface area contributed by atoms with Gasteiger partial charge in [-0.3, -0.25) is 0 Å². The quantitative estimate of drug-likeness (QED) is 0.865. The number of halogens is 1. The average molecular weight is 256 g/mol. The molecule has 0 saturated carbocycles. The summed E-state index contributed by atoms with van der Waals surface area (Å²) in [6, 6.07) is 2.45. The van der Waals surface area contributed by atoms with Crippen molar-refractivity contribution in [1.82, 2.24) is 10.3 Å². The maximum absolute atomic E-state index is 6.12. The van der Waals surface area contributed by atoms with Crippen LogP contribution in [0.25, 0.3) is 0 Å². The highest BCUT2D eigenvalue weighted by molar-refractivity contribution is 6.31. The van der Waals surface area contributed by atoms with Crippen molar-refractivity contribution in [3.63, 3.8) is 0 Å². The minimum Gasteiger partial charge on any atom is -0.365 e. The lowest BCUT2D eigenvalue weighted by Crippen LogP contribution is -2.27. The van der Waals surface area contributed by atoms with Gasteiger partial charge >= 0.3 is 0 Å². The van der Waals surface area contributed by atoms with Crippen LogP contribution in [0.3, 0.4) is 0 Å². The Balaban J connectivity index is 2.79. The number of nitrogens with zero attached hydrogens (tertiary/aromatic N) is 1. The topological polar surface area (TPSA) is 37.0 Å². The molecule has 0 aromatic carbocycles. The second-order valence-corrected chi connectivity index (χ2v) is 5.98. The lowest BCUT2D eigenvalue weighted by Gasteiger charge is -2.22. The number of rotatable bonds is 4. The third kappa shape index (κ3) is 5.37. The number of aromatic nitrogens is 1. The van der Waals surface area contributed by atoms with E-state index in [1.807, 2.05) is 6.07 Å². The fourth-order valence-electron chi connectivity index (χ4n) is 1.38. The summed E-state index contributed by atoms with van der Waals surface area (Å²) in [6.07, 6.45) is 1.70. The largest absolute Gasteiger partial charge is 0.365 e. The SMILES string of the molecule is CC(C)NCc1cc(NC(C)(C)C)ncc1Cl. The summed E-state index contributed by atoms with van der Waals surface area (Å²) < 4.78 is 0. The van der Waals surface area contributed by atoms with Gasteiger partial charge in [0.15, 0.2) is 0 Å². The molecule has 0 aliphatic carbocycles. The highest BCUT2D eigenvalue weighted by Crippen LogP contribution is 2.20. The molecule has 0 fully saturated rings. The third-order valence-corrected chi connectivity index (χ3v) is 2.48. The molecule has 0 unspecified atom stereocenters. The minimum atomic E-state index is 0.00355. The molecule has 1 aromatic heterocycles. The molecule has 0 saturated heterocycles. The maximum Gasteiger partial charge on any atom is 0.126 e. The Hall–Kier alpha value is -0.800. The van der Waals surface area contributed by atoms with E-state index in [-0.39, 0.29) is 5.54 Å². The summed E-state index contributed by atoms with van der Waals surface area (Å²) in [5.41, 5.74) is 1.07. The summed E-state index contributed by atoms with van der Waals surface area (Å²) in [4.78, 5) is 4.28. The minimum absolute atomic E-state index is 0.00355. The molecular formula is C13H22ClN3. The van der Waals surface area contributed by atoms with Crippen molar-refractivity contribution in [3.05, 3.63) is 22.8 Å². The molecule has 2 N–H and O–H groups in total. The van der Waals surface area contributed by atoms with Crippen LogP contribution in [0.2, 0.25) is 5.02 Å². The van der Waals surface area contributed by atoms with Gasteiger partial charge in [-0.05, 0) is 32.4 Å². The van der Waals surface area contributed by atoms with E-state index in [9.17, 15) is 0 Å². The predicted molar refractivity (Wildman–Crippen MR) is 74.6 cm³/mol. The lowest BCUT2D eigenvalue weighted by molar-refractivity contribution is 0.588. The van der Waals surface area contributed by atoms with Crippen molar-refractivity contribution in [2.75, 3.05) is 5.32 Å². The molecule has 0 amide bonds. The van der Waals surface area contributed by atoms with Gasteiger partial charge in [-0.1, -0.05) is 25.4 Å². The van der Waals surface area contributed by atoms with Crippen molar-refractivity contribution < 1.29 is 0 Å². The predicted octanol–water partition coefficient (Wildman–Crippen LogP) is 3.44. The molecular weight excluding hydrogens is 234 g/mol. The number of pyridine rings is 1. The second kappa shape index (κ2) is 5.69. The first kappa shape index (κ1) is 14.3. The normalized spacial score (nSPS) is 11.9. The summed E-state index contributed by atoms with van der Waals surface area (Å²) in [5, 5.41) is 7.40. The van der Waals surface area contributed by atoms with Gasteiger partial charge in [0.05, 0.1) is 5.02 Å². The molecule has 1 rings (SSSR count). The van der Waals surface area contributed by atoms with E-state index in [0.29, 0.717) is 11.1 Å². The highest BCUT2D eigenvalue weighted by Gasteiger charge is 2.11. The van der Waals surface area contributed by atoms with Gasteiger partial charge in [0.1, 0.15) is 5.82 Å². The van der Waals surface area contributed by atoms with Crippen LogP contribution in [0, 0.1) is 0 Å². The van der Waals surface area contributed by atoms with Crippen LogP contribution < -0.4 is 10.6 Å². The number of hydrogen-bond acceptors (Lipinski definition) is 3. The summed E-state index contributed by atoms with van der Waals surface area (Å²) in [5.74, 6) is 0.863. The number of hydrogen-bond donors (Lipinski definition) is 2. The van der Waals surface area contributed by atoms with Crippen molar-refractivity contribution in [2.45, 2.75) is 52.7 Å². The van der Waals surface area contributed by atoms with Crippen molar-refractivity contribution in [2.24, 2.45) is 0 Å². The van der Waals surface area contributed by atoms with E-state index in [1.165, 1.54) is 0 Å². The molecule has 0 atom stereocenters. The second-order valence-electron chi connectivity index (χ2n) is 5.57. The molecule has 0 bridgehead atoms. The summed E-state index contributed by atoms with van der Waals surface area (Å²) in [7, 11) is 0. The molecule has 0 aliphatic rings. The molecule has 1 heterocycles. The van der Waals surface area contributed by atoms with Crippen molar-refractivity contribution in [3.8, 4) is 0 Å². The Bertz CT molecular complexity index is 369. The number of anilines is 1. The van der Waals surface area contributed by atoms with Gasteiger partial charge in [0, 0.05) is 24.3 Å². The zero-order valence-electron chi connectivity index (χ0n) is 11.3. The Morgan fingerprint density at radius 2 is 2.00 bits per heavy atom. The van der Waals surface area contributed by atoms with E-state index >= 15 is 0 Å². The van der Waals surface area contributed by atoms with Crippen LogP contribution in [0.4, 0.5) is 5.82 Å². The van der Waals surface area contributed by atoms with Gasteiger partial charge in [0.25, 0.3) is 0 Å². The Morgan fingerprint density at radius 1 is 1.35 bits per heavy atom. The van der Waals surface area contributed by atoms with Gasteiger partial charge in [0.2, 0.25) is 0 Å². The maximum atomic E-state index is 6.12. The van der Waals surface area contributed by atoms with Gasteiger partial charge in [-0.25, -0.2) is 4.98 Å². The van der Waals surface area contributed by atoms with Gasteiger partial charge in [-0.2, -0.15) is 0 Å². The molecule has 4 heteroatoms. The number of nitrogens with one attached hydrogen (secondary N) is 2. The molecule has 0 aliphatic heterocycles. The Kier molecular flexibility index (Phi) is 4.78. The lowest BCUT2D eigenvalue weighted by atomic mass is 10.1. The fraction of sp³-hybridized carbons (Fsp3) is 0.615. The van der Waals surface area contributed by atoms with Crippen LogP contribution in [-0.2, 0) is 6.54 Å². The Morgan fingerprint density at radius 3 is 2.53 bits per heavy atom. The molecule has 17 heavy (non-hydrogen) atoms. The first-order chi connectivity index (χ1) is 7.78. The van der Waals surface area contributed by atoms with E-state index in [2.05, 4.69) is 50.2 Å². The first-order valence-electron chi connectivity index (χ1n) is 5.94. The van der Waals surface area contributed by atoms with E-state index < -0.39 is 0 Å². The molecule has 0 spiro atoms. The van der Waals surface area contributed by atoms with Crippen molar-refractivity contribution in [1.29, 1.82) is 0 Å². The third-order valence-electron chi connectivity index (χ3n) is 2.14. The van der Waals surface area contributed by atoms with Crippen molar-refractivity contribution >= 4 is 17.4 Å². The Labute approximate surface area is 109 Å². The molecule has 0 radical (unpaired) electrons. The first-order valence-corrected chi connectivity index (χ1v) is 6.32. The average Bonchev–Trinajstić information content (AvgIpc) is 2.16. The molecule has 1 aromatic rings. The van der Waals surface area contributed by atoms with Crippen LogP contribution in [-0.4, -0.2) is 16.6 Å². The van der Waals surface area contributed by atoms with Crippen LogP contribution in [0.5, 0.6) is 0 Å². The smallest absolute Gasteiger partial charge is 0.126 e. The zero-order valence-corrected chi connectivity index (χ0v) is 12.0. The van der Waals surface area contributed by atoms with E-state index in [0.717, 1.165) is 17.9 Å². The molecule has 3 nitrogen and oxygen atoms in total. The van der Waals surface area contributed by atoms with E-state index in [1.54, 1.807) is 6.20 Å². The zero-order chi connectivity index (χ0) is 13.1.